The third-order valence-electron chi connectivity index (χ3n) is 6.31. The highest BCUT2D eigenvalue weighted by Crippen LogP contribution is 2.32. The molecule has 0 aliphatic carbocycles. The Labute approximate surface area is 179 Å². The van der Waals surface area contributed by atoms with Crippen molar-refractivity contribution >= 4 is 11.4 Å². The molecule has 4 rings (SSSR count). The molecule has 0 saturated carbocycles. The Morgan fingerprint density at radius 2 is 1.67 bits per heavy atom. The van der Waals surface area contributed by atoms with Gasteiger partial charge in [-0.15, -0.1) is 0 Å². The van der Waals surface area contributed by atoms with Crippen LogP contribution in [0.3, 0.4) is 0 Å². The van der Waals surface area contributed by atoms with Crippen molar-refractivity contribution < 1.29 is 13.9 Å². The lowest BCUT2D eigenvalue weighted by Crippen LogP contribution is -2.44. The Hall–Kier alpha value is -2.43. The van der Waals surface area contributed by atoms with E-state index in [4.69, 9.17) is 9.47 Å². The van der Waals surface area contributed by atoms with Crippen LogP contribution in [-0.2, 0) is 0 Å². The summed E-state index contributed by atoms with van der Waals surface area (Å²) in [7, 11) is 0. The van der Waals surface area contributed by atoms with Gasteiger partial charge in [0, 0.05) is 50.3 Å². The Morgan fingerprint density at radius 1 is 0.933 bits per heavy atom. The van der Waals surface area contributed by atoms with Crippen LogP contribution in [0.1, 0.15) is 33.6 Å². The zero-order valence-electron chi connectivity index (χ0n) is 18.3. The third-order valence-corrected chi connectivity index (χ3v) is 6.31. The average molecular weight is 413 g/mol. The van der Waals surface area contributed by atoms with Crippen LogP contribution in [0.5, 0.6) is 11.5 Å². The van der Waals surface area contributed by atoms with Gasteiger partial charge in [0.15, 0.2) is 0 Å². The Morgan fingerprint density at radius 3 is 2.33 bits per heavy atom. The Balaban J connectivity index is 1.36. The summed E-state index contributed by atoms with van der Waals surface area (Å²) in [6.45, 7) is 10.8. The molecule has 2 aromatic carbocycles. The SMILES string of the molecule is CCOc1ccc(F)c(N2CCC(Oc3ccc(N4CCC(C)C4)cc3)C(C)C2)c1. The van der Waals surface area contributed by atoms with E-state index in [-0.39, 0.29) is 11.9 Å². The molecule has 0 radical (unpaired) electrons. The fourth-order valence-corrected chi connectivity index (χ4v) is 4.59. The molecule has 0 bridgehead atoms. The van der Waals surface area contributed by atoms with Crippen molar-refractivity contribution in [2.45, 2.75) is 39.7 Å². The van der Waals surface area contributed by atoms with Crippen molar-refractivity contribution in [2.75, 3.05) is 42.6 Å². The predicted octanol–water partition coefficient (Wildman–Crippen LogP) is 5.36. The van der Waals surface area contributed by atoms with E-state index in [1.165, 1.54) is 18.2 Å². The highest BCUT2D eigenvalue weighted by Gasteiger charge is 2.29. The standard InChI is InChI=1S/C25H33FN2O2/c1-4-29-22-9-10-23(26)24(15-22)28-14-12-25(19(3)17-28)30-21-7-5-20(6-8-21)27-13-11-18(2)16-27/h5-10,15,18-19,25H,4,11-14,16-17H2,1-3H3. The number of piperidine rings is 1. The summed E-state index contributed by atoms with van der Waals surface area (Å²) >= 11 is 0. The van der Waals surface area contributed by atoms with Crippen LogP contribution >= 0.6 is 0 Å². The Kier molecular flexibility index (Phi) is 6.35. The van der Waals surface area contributed by atoms with Crippen LogP contribution in [0.4, 0.5) is 15.8 Å². The van der Waals surface area contributed by atoms with Crippen molar-refractivity contribution in [3.63, 3.8) is 0 Å². The zero-order chi connectivity index (χ0) is 21.1. The van der Waals surface area contributed by atoms with E-state index in [1.54, 1.807) is 6.07 Å². The van der Waals surface area contributed by atoms with Crippen LogP contribution in [0.25, 0.3) is 0 Å². The number of halogens is 1. The minimum Gasteiger partial charge on any atom is -0.494 e. The second-order valence-electron chi connectivity index (χ2n) is 8.75. The van der Waals surface area contributed by atoms with Gasteiger partial charge in [-0.3, -0.25) is 0 Å². The number of rotatable bonds is 6. The van der Waals surface area contributed by atoms with Crippen molar-refractivity contribution in [3.8, 4) is 11.5 Å². The molecule has 2 heterocycles. The van der Waals surface area contributed by atoms with Crippen LogP contribution < -0.4 is 19.3 Å². The summed E-state index contributed by atoms with van der Waals surface area (Å²) in [5, 5.41) is 0. The van der Waals surface area contributed by atoms with E-state index in [1.807, 2.05) is 13.0 Å². The van der Waals surface area contributed by atoms with Gasteiger partial charge in [-0.2, -0.15) is 0 Å². The minimum absolute atomic E-state index is 0.136. The number of benzene rings is 2. The quantitative estimate of drug-likeness (QED) is 0.637. The topological polar surface area (TPSA) is 24.9 Å². The van der Waals surface area contributed by atoms with Crippen LogP contribution in [0, 0.1) is 17.7 Å². The molecule has 3 atom stereocenters. The normalized spacial score (nSPS) is 24.2. The lowest BCUT2D eigenvalue weighted by Gasteiger charge is -2.38. The van der Waals surface area contributed by atoms with Crippen molar-refractivity contribution in [2.24, 2.45) is 11.8 Å². The van der Waals surface area contributed by atoms with Gasteiger partial charge in [0.2, 0.25) is 0 Å². The fraction of sp³-hybridized carbons (Fsp3) is 0.520. The first-order valence-corrected chi connectivity index (χ1v) is 11.2. The number of hydrogen-bond acceptors (Lipinski definition) is 4. The van der Waals surface area contributed by atoms with E-state index in [9.17, 15) is 4.39 Å². The predicted molar refractivity (Wildman–Crippen MR) is 120 cm³/mol. The van der Waals surface area contributed by atoms with E-state index >= 15 is 0 Å². The molecule has 0 spiro atoms. The van der Waals surface area contributed by atoms with Crippen LogP contribution in [0.2, 0.25) is 0 Å². The van der Waals surface area contributed by atoms with Crippen molar-refractivity contribution in [1.82, 2.24) is 0 Å². The lowest BCUT2D eigenvalue weighted by atomic mass is 9.95. The van der Waals surface area contributed by atoms with E-state index in [0.717, 1.165) is 44.3 Å². The summed E-state index contributed by atoms with van der Waals surface area (Å²) < 4.78 is 26.3. The largest absolute Gasteiger partial charge is 0.494 e. The van der Waals surface area contributed by atoms with Crippen molar-refractivity contribution in [3.05, 3.63) is 48.3 Å². The van der Waals surface area contributed by atoms with E-state index in [2.05, 4.69) is 47.9 Å². The summed E-state index contributed by atoms with van der Waals surface area (Å²) in [6.07, 6.45) is 2.27. The maximum absolute atomic E-state index is 14.4. The fourth-order valence-electron chi connectivity index (χ4n) is 4.59. The molecule has 0 N–H and O–H groups in total. The van der Waals surface area contributed by atoms with Gasteiger partial charge in [0.1, 0.15) is 23.4 Å². The molecule has 2 saturated heterocycles. The van der Waals surface area contributed by atoms with Gasteiger partial charge in [-0.1, -0.05) is 13.8 Å². The molecule has 0 amide bonds. The monoisotopic (exact) mass is 412 g/mol. The van der Waals surface area contributed by atoms with E-state index in [0.29, 0.717) is 24.0 Å². The number of nitrogens with zero attached hydrogens (tertiary/aromatic N) is 2. The number of hydrogen-bond donors (Lipinski definition) is 0. The number of anilines is 2. The van der Waals surface area contributed by atoms with Gasteiger partial charge >= 0.3 is 0 Å². The smallest absolute Gasteiger partial charge is 0.146 e. The second kappa shape index (κ2) is 9.15. The first-order valence-electron chi connectivity index (χ1n) is 11.2. The Bertz CT molecular complexity index is 842. The molecule has 0 aromatic heterocycles. The summed E-state index contributed by atoms with van der Waals surface area (Å²) in [6, 6.07) is 13.5. The molecule has 2 fully saturated rings. The molecule has 2 aliphatic rings. The van der Waals surface area contributed by atoms with E-state index < -0.39 is 0 Å². The molecular weight excluding hydrogens is 379 g/mol. The van der Waals surface area contributed by atoms with Crippen LogP contribution in [0.15, 0.2) is 42.5 Å². The molecule has 2 aromatic rings. The highest BCUT2D eigenvalue weighted by molar-refractivity contribution is 5.53. The minimum atomic E-state index is -0.197. The first-order chi connectivity index (χ1) is 14.5. The van der Waals surface area contributed by atoms with Gasteiger partial charge in [0.05, 0.1) is 12.3 Å². The molecule has 162 valence electrons. The number of ether oxygens (including phenoxy) is 2. The molecule has 30 heavy (non-hydrogen) atoms. The summed E-state index contributed by atoms with van der Waals surface area (Å²) in [5.74, 6) is 2.50. The average Bonchev–Trinajstić information content (AvgIpc) is 3.18. The van der Waals surface area contributed by atoms with Gasteiger partial charge in [-0.25, -0.2) is 4.39 Å². The molecule has 5 heteroatoms. The lowest BCUT2D eigenvalue weighted by molar-refractivity contribution is 0.121. The van der Waals surface area contributed by atoms with Crippen molar-refractivity contribution in [1.29, 1.82) is 0 Å². The van der Waals surface area contributed by atoms with Gasteiger partial charge in [-0.05, 0) is 55.7 Å². The maximum Gasteiger partial charge on any atom is 0.146 e. The molecular formula is C25H33FN2O2. The molecule has 4 nitrogen and oxygen atoms in total. The molecule has 3 unspecified atom stereocenters. The molecule has 2 aliphatic heterocycles. The van der Waals surface area contributed by atoms with Gasteiger partial charge in [0.25, 0.3) is 0 Å². The summed E-state index contributed by atoms with van der Waals surface area (Å²) in [4.78, 5) is 4.56. The van der Waals surface area contributed by atoms with Gasteiger partial charge < -0.3 is 19.3 Å². The first kappa shape index (κ1) is 20.8. The van der Waals surface area contributed by atoms with Crippen LogP contribution in [-0.4, -0.2) is 38.9 Å². The summed E-state index contributed by atoms with van der Waals surface area (Å²) in [5.41, 5.74) is 1.90. The highest BCUT2D eigenvalue weighted by atomic mass is 19.1. The second-order valence-corrected chi connectivity index (χ2v) is 8.75. The zero-order valence-corrected chi connectivity index (χ0v) is 18.3. The third kappa shape index (κ3) is 4.66. The maximum atomic E-state index is 14.4.